The van der Waals surface area contributed by atoms with E-state index in [0.29, 0.717) is 5.92 Å². The Balaban J connectivity index is 3.47. The van der Waals surface area contributed by atoms with Gasteiger partial charge in [-0.05, 0) is 5.92 Å². The molecule has 0 heterocycles. The lowest BCUT2D eigenvalue weighted by atomic mass is 10.0. The standard InChI is InChI=1S/C8H15N/c1-5-8(9-4)6-7(2)3/h7-8H,5-6H2,1-3H3/t8-/m1/s1. The smallest absolute Gasteiger partial charge is 0.223 e. The summed E-state index contributed by atoms with van der Waals surface area (Å²) in [5.74, 6) is 0.670. The lowest BCUT2D eigenvalue weighted by molar-refractivity contribution is 0.526. The van der Waals surface area contributed by atoms with Crippen molar-refractivity contribution >= 4 is 0 Å². The van der Waals surface area contributed by atoms with E-state index in [1.807, 2.05) is 0 Å². The summed E-state index contributed by atoms with van der Waals surface area (Å²) < 4.78 is 0. The minimum atomic E-state index is 0.269. The van der Waals surface area contributed by atoms with Gasteiger partial charge >= 0.3 is 0 Å². The Bertz CT molecular complexity index is 99.6. The van der Waals surface area contributed by atoms with Gasteiger partial charge in [-0.2, -0.15) is 0 Å². The SMILES string of the molecule is [C-]#[N+][C@H](CC)CC(C)C. The molecule has 0 fully saturated rings. The Hall–Kier alpha value is -0.510. The molecule has 1 atom stereocenters. The molecular weight excluding hydrogens is 110 g/mol. The molecule has 0 amide bonds. The van der Waals surface area contributed by atoms with Crippen LogP contribution in [0.2, 0.25) is 0 Å². The van der Waals surface area contributed by atoms with Crippen molar-refractivity contribution in [3.63, 3.8) is 0 Å². The Morgan fingerprint density at radius 3 is 2.11 bits per heavy atom. The molecule has 0 rings (SSSR count). The molecular formula is C8H15N. The number of hydrogen-bond acceptors (Lipinski definition) is 0. The maximum atomic E-state index is 6.78. The summed E-state index contributed by atoms with van der Waals surface area (Å²) in [6.45, 7) is 13.2. The zero-order valence-corrected chi connectivity index (χ0v) is 6.52. The van der Waals surface area contributed by atoms with E-state index in [0.717, 1.165) is 12.8 Å². The summed E-state index contributed by atoms with van der Waals surface area (Å²) in [5, 5.41) is 0. The van der Waals surface area contributed by atoms with Crippen LogP contribution < -0.4 is 0 Å². The fraction of sp³-hybridized carbons (Fsp3) is 0.875. The molecule has 9 heavy (non-hydrogen) atoms. The Labute approximate surface area is 57.9 Å². The number of nitrogens with zero attached hydrogens (tertiary/aromatic N) is 1. The van der Waals surface area contributed by atoms with Crippen molar-refractivity contribution in [3.8, 4) is 0 Å². The molecule has 0 radical (unpaired) electrons. The maximum Gasteiger partial charge on any atom is 0.223 e. The Kier molecular flexibility index (Phi) is 4.13. The molecule has 0 unspecified atom stereocenters. The van der Waals surface area contributed by atoms with Crippen LogP contribution in [0.25, 0.3) is 4.85 Å². The van der Waals surface area contributed by atoms with Crippen LogP contribution in [0.5, 0.6) is 0 Å². The summed E-state index contributed by atoms with van der Waals surface area (Å²) >= 11 is 0. The van der Waals surface area contributed by atoms with Gasteiger partial charge in [0.25, 0.3) is 0 Å². The van der Waals surface area contributed by atoms with Crippen molar-refractivity contribution in [1.82, 2.24) is 0 Å². The van der Waals surface area contributed by atoms with Crippen molar-refractivity contribution in [2.24, 2.45) is 5.92 Å². The first-order valence-electron chi connectivity index (χ1n) is 3.57. The van der Waals surface area contributed by atoms with E-state index in [1.54, 1.807) is 0 Å². The van der Waals surface area contributed by atoms with E-state index < -0.39 is 0 Å². The molecule has 0 saturated heterocycles. The molecule has 1 nitrogen and oxygen atoms in total. The second-order valence-corrected chi connectivity index (χ2v) is 2.82. The van der Waals surface area contributed by atoms with Crippen molar-refractivity contribution < 1.29 is 0 Å². The number of hydrogen-bond donors (Lipinski definition) is 0. The average Bonchev–Trinajstić information content (AvgIpc) is 1.82. The van der Waals surface area contributed by atoms with E-state index in [2.05, 4.69) is 25.6 Å². The zero-order valence-electron chi connectivity index (χ0n) is 6.52. The minimum absolute atomic E-state index is 0.269. The van der Waals surface area contributed by atoms with Gasteiger partial charge in [0.2, 0.25) is 6.04 Å². The van der Waals surface area contributed by atoms with Gasteiger partial charge in [0.05, 0.1) is 0 Å². The van der Waals surface area contributed by atoms with Crippen LogP contribution in [0.4, 0.5) is 0 Å². The predicted molar refractivity (Wildman–Crippen MR) is 40.1 cm³/mol. The second kappa shape index (κ2) is 4.38. The van der Waals surface area contributed by atoms with E-state index >= 15 is 0 Å². The van der Waals surface area contributed by atoms with Crippen LogP contribution >= 0.6 is 0 Å². The molecule has 0 aromatic heterocycles. The lowest BCUT2D eigenvalue weighted by Crippen LogP contribution is -2.03. The summed E-state index contributed by atoms with van der Waals surface area (Å²) in [5.41, 5.74) is 0. The normalized spacial score (nSPS) is 13.2. The van der Waals surface area contributed by atoms with Crippen LogP contribution in [0, 0.1) is 12.5 Å². The highest BCUT2D eigenvalue weighted by Gasteiger charge is 2.10. The summed E-state index contributed by atoms with van der Waals surface area (Å²) in [7, 11) is 0. The number of rotatable bonds is 3. The van der Waals surface area contributed by atoms with Crippen LogP contribution in [0.15, 0.2) is 0 Å². The van der Waals surface area contributed by atoms with Gasteiger partial charge < -0.3 is 4.85 Å². The van der Waals surface area contributed by atoms with Crippen molar-refractivity contribution in [3.05, 3.63) is 11.4 Å². The van der Waals surface area contributed by atoms with Crippen molar-refractivity contribution in [2.75, 3.05) is 0 Å². The van der Waals surface area contributed by atoms with Crippen LogP contribution in [-0.2, 0) is 0 Å². The molecule has 0 saturated carbocycles. The van der Waals surface area contributed by atoms with Gasteiger partial charge in [-0.3, -0.25) is 0 Å². The third kappa shape index (κ3) is 4.02. The molecule has 0 spiro atoms. The molecule has 1 heteroatoms. The lowest BCUT2D eigenvalue weighted by Gasteiger charge is -2.03. The monoisotopic (exact) mass is 125 g/mol. The van der Waals surface area contributed by atoms with Crippen LogP contribution in [0.3, 0.4) is 0 Å². The minimum Gasteiger partial charge on any atom is -0.314 e. The van der Waals surface area contributed by atoms with Gasteiger partial charge in [-0.15, -0.1) is 0 Å². The van der Waals surface area contributed by atoms with Gasteiger partial charge in [-0.25, -0.2) is 6.57 Å². The summed E-state index contributed by atoms with van der Waals surface area (Å²) in [6, 6.07) is 0.269. The molecule has 0 aliphatic heterocycles. The van der Waals surface area contributed by atoms with Gasteiger partial charge in [0.1, 0.15) is 0 Å². The first-order chi connectivity index (χ1) is 4.20. The van der Waals surface area contributed by atoms with E-state index in [4.69, 9.17) is 6.57 Å². The highest BCUT2D eigenvalue weighted by atomic mass is 14.7. The molecule has 0 bridgehead atoms. The second-order valence-electron chi connectivity index (χ2n) is 2.82. The van der Waals surface area contributed by atoms with Crippen molar-refractivity contribution in [1.29, 1.82) is 0 Å². The van der Waals surface area contributed by atoms with E-state index in [9.17, 15) is 0 Å². The summed E-state index contributed by atoms with van der Waals surface area (Å²) in [6.07, 6.45) is 2.06. The first-order valence-corrected chi connectivity index (χ1v) is 3.57. The third-order valence-corrected chi connectivity index (χ3v) is 1.40. The quantitative estimate of drug-likeness (QED) is 0.511. The Morgan fingerprint density at radius 2 is 2.00 bits per heavy atom. The predicted octanol–water partition coefficient (Wildman–Crippen LogP) is 2.73. The highest BCUT2D eigenvalue weighted by molar-refractivity contribution is 4.77. The molecule has 52 valence electrons. The Morgan fingerprint density at radius 1 is 1.44 bits per heavy atom. The van der Waals surface area contributed by atoms with Gasteiger partial charge in [0.15, 0.2) is 0 Å². The maximum absolute atomic E-state index is 6.78. The van der Waals surface area contributed by atoms with Gasteiger partial charge in [0, 0.05) is 12.8 Å². The van der Waals surface area contributed by atoms with E-state index in [1.165, 1.54) is 0 Å². The fourth-order valence-electron chi connectivity index (χ4n) is 0.855. The molecule has 0 aromatic rings. The molecule has 0 aromatic carbocycles. The molecule has 0 aliphatic rings. The zero-order chi connectivity index (χ0) is 7.28. The average molecular weight is 125 g/mol. The topological polar surface area (TPSA) is 4.36 Å². The van der Waals surface area contributed by atoms with Gasteiger partial charge in [-0.1, -0.05) is 20.8 Å². The molecule has 0 N–H and O–H groups in total. The third-order valence-electron chi connectivity index (χ3n) is 1.40. The van der Waals surface area contributed by atoms with Crippen LogP contribution in [-0.4, -0.2) is 6.04 Å². The van der Waals surface area contributed by atoms with E-state index in [-0.39, 0.29) is 6.04 Å². The largest absolute Gasteiger partial charge is 0.314 e. The first kappa shape index (κ1) is 8.49. The highest BCUT2D eigenvalue weighted by Crippen LogP contribution is 2.10. The van der Waals surface area contributed by atoms with Crippen LogP contribution in [0.1, 0.15) is 33.6 Å². The fourth-order valence-corrected chi connectivity index (χ4v) is 0.855. The summed E-state index contributed by atoms with van der Waals surface area (Å²) in [4.78, 5) is 3.50. The van der Waals surface area contributed by atoms with Crippen molar-refractivity contribution in [2.45, 2.75) is 39.7 Å². The molecule has 0 aliphatic carbocycles.